The van der Waals surface area contributed by atoms with Crippen LogP contribution in [0.5, 0.6) is 0 Å². The molecule has 3 aromatic heterocycles. The average molecular weight is 616 g/mol. The van der Waals surface area contributed by atoms with Crippen LogP contribution in [0.4, 0.5) is 0 Å². The highest BCUT2D eigenvalue weighted by Gasteiger charge is 2.21. The maximum atomic E-state index is 6.38. The quantitative estimate of drug-likeness (QED) is 0.177. The molecule has 218 valence electrons. The van der Waals surface area contributed by atoms with E-state index < -0.39 is 0 Å². The SMILES string of the molecule is c1ccc2c(c1)oc1c(-c3ccc(-n4c5ccccc5c5c6c(ccc54)c4ccccc4c4sc5ccccc5c46)cc3)cccc12. The standard InChI is InChI=1S/C44H25NOS/c1-2-12-33-29(10-1)31-24-25-37-40(41(31)42-35-14-5-8-19-39(35)47-44(33)42)34-13-3-6-17-36(34)45(37)27-22-20-26(21-23-27)28-15-9-16-32-30-11-4-7-18-38(30)46-43(28)32/h1-25H. The second-order valence-corrected chi connectivity index (χ2v) is 13.5. The highest BCUT2D eigenvalue weighted by Crippen LogP contribution is 2.48. The van der Waals surface area contributed by atoms with Crippen LogP contribution in [-0.2, 0) is 0 Å². The molecule has 2 nitrogen and oxygen atoms in total. The van der Waals surface area contributed by atoms with Crippen LogP contribution in [0.15, 0.2) is 156 Å². The van der Waals surface area contributed by atoms with Crippen molar-refractivity contribution in [3.63, 3.8) is 0 Å². The molecule has 0 unspecified atom stereocenters. The third-order valence-electron chi connectivity index (χ3n) is 9.99. The molecule has 0 radical (unpaired) electrons. The summed E-state index contributed by atoms with van der Waals surface area (Å²) < 4.78 is 11.5. The summed E-state index contributed by atoms with van der Waals surface area (Å²) in [6.07, 6.45) is 0. The number of nitrogens with zero attached hydrogens (tertiary/aromatic N) is 1. The Balaban J connectivity index is 1.21. The van der Waals surface area contributed by atoms with Crippen molar-refractivity contribution in [3.8, 4) is 16.8 Å². The van der Waals surface area contributed by atoms with Crippen LogP contribution in [0.1, 0.15) is 0 Å². The third kappa shape index (κ3) is 3.39. The summed E-state index contributed by atoms with van der Waals surface area (Å²) in [5, 5.41) is 12.9. The lowest BCUT2D eigenvalue weighted by Crippen LogP contribution is -1.94. The van der Waals surface area contributed by atoms with E-state index in [0.717, 1.165) is 38.8 Å². The number of fused-ring (bicyclic) bond motifs is 15. The van der Waals surface area contributed by atoms with E-state index >= 15 is 0 Å². The predicted molar refractivity (Wildman–Crippen MR) is 201 cm³/mol. The van der Waals surface area contributed by atoms with Gasteiger partial charge in [0, 0.05) is 63.7 Å². The molecule has 0 spiro atoms. The molecule has 0 aliphatic carbocycles. The van der Waals surface area contributed by atoms with Crippen molar-refractivity contribution in [1.82, 2.24) is 4.57 Å². The molecular weight excluding hydrogens is 591 g/mol. The first-order chi connectivity index (χ1) is 23.3. The number of aromatic nitrogens is 1. The van der Waals surface area contributed by atoms with Gasteiger partial charge in [-0.05, 0) is 52.7 Å². The first-order valence-corrected chi connectivity index (χ1v) is 16.8. The molecule has 11 aromatic rings. The van der Waals surface area contributed by atoms with Gasteiger partial charge in [0.05, 0.1) is 11.0 Å². The minimum absolute atomic E-state index is 0.921. The van der Waals surface area contributed by atoms with Gasteiger partial charge in [-0.3, -0.25) is 0 Å². The fourth-order valence-corrected chi connectivity index (χ4v) is 9.24. The van der Waals surface area contributed by atoms with Gasteiger partial charge in [0.2, 0.25) is 0 Å². The Kier molecular flexibility index (Phi) is 5.02. The molecule has 0 aliphatic rings. The molecular formula is C44H25NOS. The van der Waals surface area contributed by atoms with Crippen LogP contribution in [0.2, 0.25) is 0 Å². The van der Waals surface area contributed by atoms with Crippen molar-refractivity contribution < 1.29 is 4.42 Å². The molecule has 8 aromatic carbocycles. The van der Waals surface area contributed by atoms with Gasteiger partial charge in [-0.15, -0.1) is 11.3 Å². The molecule has 47 heavy (non-hydrogen) atoms. The summed E-state index contributed by atoms with van der Waals surface area (Å²) in [7, 11) is 0. The Morgan fingerprint density at radius 1 is 0.426 bits per heavy atom. The van der Waals surface area contributed by atoms with Gasteiger partial charge in [0.15, 0.2) is 0 Å². The maximum absolute atomic E-state index is 6.38. The Morgan fingerprint density at radius 2 is 1.13 bits per heavy atom. The number of thiophene rings is 1. The molecule has 0 atom stereocenters. The van der Waals surface area contributed by atoms with Gasteiger partial charge in [-0.1, -0.05) is 115 Å². The van der Waals surface area contributed by atoms with E-state index in [-0.39, 0.29) is 0 Å². The van der Waals surface area contributed by atoms with Gasteiger partial charge >= 0.3 is 0 Å². The number of para-hydroxylation sites is 3. The van der Waals surface area contributed by atoms with Crippen LogP contribution >= 0.6 is 11.3 Å². The van der Waals surface area contributed by atoms with Crippen LogP contribution < -0.4 is 0 Å². The second-order valence-electron chi connectivity index (χ2n) is 12.4. The first kappa shape index (κ1) is 25.3. The first-order valence-electron chi connectivity index (χ1n) is 16.0. The number of benzene rings is 8. The van der Waals surface area contributed by atoms with E-state index in [1.54, 1.807) is 0 Å². The van der Waals surface area contributed by atoms with Crippen molar-refractivity contribution in [2.24, 2.45) is 0 Å². The van der Waals surface area contributed by atoms with Crippen molar-refractivity contribution in [2.45, 2.75) is 0 Å². The molecule has 11 rings (SSSR count). The zero-order chi connectivity index (χ0) is 30.6. The monoisotopic (exact) mass is 615 g/mol. The largest absolute Gasteiger partial charge is 0.455 e. The average Bonchev–Trinajstić information content (AvgIpc) is 3.82. The molecule has 3 heterocycles. The van der Waals surface area contributed by atoms with Gasteiger partial charge in [0.25, 0.3) is 0 Å². The summed E-state index contributed by atoms with van der Waals surface area (Å²) in [5.74, 6) is 0. The van der Waals surface area contributed by atoms with E-state index in [0.29, 0.717) is 0 Å². The third-order valence-corrected chi connectivity index (χ3v) is 11.2. The van der Waals surface area contributed by atoms with E-state index in [9.17, 15) is 0 Å². The summed E-state index contributed by atoms with van der Waals surface area (Å²) in [5.41, 5.74) is 7.68. The fraction of sp³-hybridized carbons (Fsp3) is 0. The Labute approximate surface area is 273 Å². The minimum atomic E-state index is 0.921. The Morgan fingerprint density at radius 3 is 2.00 bits per heavy atom. The van der Waals surface area contributed by atoms with E-state index in [1.807, 2.05) is 23.5 Å². The van der Waals surface area contributed by atoms with Gasteiger partial charge in [-0.2, -0.15) is 0 Å². The zero-order valence-corrected chi connectivity index (χ0v) is 26.0. The molecule has 0 saturated carbocycles. The summed E-state index contributed by atoms with van der Waals surface area (Å²) in [6.45, 7) is 0. The van der Waals surface area contributed by atoms with Crippen LogP contribution in [-0.4, -0.2) is 4.57 Å². The smallest absolute Gasteiger partial charge is 0.143 e. The number of furan rings is 1. The fourth-order valence-electron chi connectivity index (χ4n) is 7.99. The molecule has 0 saturated heterocycles. The van der Waals surface area contributed by atoms with Crippen LogP contribution in [0.25, 0.3) is 102 Å². The van der Waals surface area contributed by atoms with Crippen molar-refractivity contribution in [2.75, 3.05) is 0 Å². The van der Waals surface area contributed by atoms with Crippen molar-refractivity contribution in [1.29, 1.82) is 0 Å². The molecule has 0 N–H and O–H groups in total. The Hall–Kier alpha value is -5.90. The molecule has 0 aliphatic heterocycles. The normalized spacial score (nSPS) is 12.3. The summed E-state index contributed by atoms with van der Waals surface area (Å²) in [6, 6.07) is 55.0. The highest BCUT2D eigenvalue weighted by atomic mass is 32.1. The predicted octanol–water partition coefficient (Wildman–Crippen LogP) is 13.0. The molecule has 0 bridgehead atoms. The number of hydrogen-bond acceptors (Lipinski definition) is 2. The second kappa shape index (κ2) is 9.32. The van der Waals surface area contributed by atoms with E-state index in [4.69, 9.17) is 4.42 Å². The van der Waals surface area contributed by atoms with Crippen molar-refractivity contribution in [3.05, 3.63) is 152 Å². The number of hydrogen-bond donors (Lipinski definition) is 0. The maximum Gasteiger partial charge on any atom is 0.143 e. The minimum Gasteiger partial charge on any atom is -0.455 e. The zero-order valence-electron chi connectivity index (χ0n) is 25.2. The lowest BCUT2D eigenvalue weighted by molar-refractivity contribution is 0.670. The topological polar surface area (TPSA) is 18.1 Å². The van der Waals surface area contributed by atoms with E-state index in [1.165, 1.54) is 63.5 Å². The Bertz CT molecular complexity index is 3060. The molecule has 3 heteroatoms. The summed E-state index contributed by atoms with van der Waals surface area (Å²) in [4.78, 5) is 0. The van der Waals surface area contributed by atoms with E-state index in [2.05, 4.69) is 144 Å². The van der Waals surface area contributed by atoms with Crippen molar-refractivity contribution >= 4 is 96.8 Å². The highest BCUT2D eigenvalue weighted by molar-refractivity contribution is 7.27. The molecule has 0 amide bonds. The number of rotatable bonds is 2. The lowest BCUT2D eigenvalue weighted by atomic mass is 9.94. The molecule has 0 fully saturated rings. The van der Waals surface area contributed by atoms with Crippen LogP contribution in [0.3, 0.4) is 0 Å². The van der Waals surface area contributed by atoms with Gasteiger partial charge in [0.1, 0.15) is 11.2 Å². The van der Waals surface area contributed by atoms with Crippen LogP contribution in [0, 0.1) is 0 Å². The van der Waals surface area contributed by atoms with Gasteiger partial charge in [-0.25, -0.2) is 0 Å². The lowest BCUT2D eigenvalue weighted by Gasteiger charge is -2.12. The van der Waals surface area contributed by atoms with Gasteiger partial charge < -0.3 is 8.98 Å². The summed E-state index contributed by atoms with van der Waals surface area (Å²) >= 11 is 1.91.